The number of benzene rings is 1. The van der Waals surface area contributed by atoms with Crippen LogP contribution >= 0.6 is 0 Å². The molecule has 154 valence electrons. The summed E-state index contributed by atoms with van der Waals surface area (Å²) in [5.74, 6) is -1.46. The van der Waals surface area contributed by atoms with Crippen molar-refractivity contribution in [3.8, 4) is 11.3 Å². The van der Waals surface area contributed by atoms with Gasteiger partial charge in [-0.25, -0.2) is 0 Å². The lowest BCUT2D eigenvalue weighted by atomic mass is 9.66. The van der Waals surface area contributed by atoms with E-state index in [0.717, 1.165) is 5.56 Å². The van der Waals surface area contributed by atoms with Crippen LogP contribution in [-0.2, 0) is 16.0 Å². The molecule has 1 aromatic carbocycles. The van der Waals surface area contributed by atoms with Gasteiger partial charge in [0.1, 0.15) is 0 Å². The van der Waals surface area contributed by atoms with E-state index in [-0.39, 0.29) is 25.0 Å². The Morgan fingerprint density at radius 3 is 2.66 bits per heavy atom. The lowest BCUT2D eigenvalue weighted by Gasteiger charge is -2.36. The number of carbonyl (C=O) groups is 2. The fraction of sp³-hybridized carbons (Fsp3) is 0.381. The summed E-state index contributed by atoms with van der Waals surface area (Å²) in [6, 6.07) is 8.34. The van der Waals surface area contributed by atoms with E-state index >= 15 is 0 Å². The minimum atomic E-state index is -4.58. The Morgan fingerprint density at radius 2 is 2.03 bits per heavy atom. The molecule has 1 aromatic heterocycles. The number of nitrogen functional groups attached to an aromatic ring is 1. The van der Waals surface area contributed by atoms with Crippen LogP contribution in [0.4, 0.5) is 18.9 Å². The topological polar surface area (TPSA) is 82.3 Å². The Morgan fingerprint density at radius 1 is 1.28 bits per heavy atom. The minimum absolute atomic E-state index is 0.0453. The summed E-state index contributed by atoms with van der Waals surface area (Å²) in [5, 5.41) is 0. The number of rotatable bonds is 5. The predicted molar refractivity (Wildman–Crippen MR) is 101 cm³/mol. The number of hydrogen-bond acceptors (Lipinski definition) is 5. The Labute approximate surface area is 166 Å². The molecule has 0 spiro atoms. The van der Waals surface area contributed by atoms with Gasteiger partial charge in [-0.2, -0.15) is 13.2 Å². The number of ketones is 1. The van der Waals surface area contributed by atoms with Crippen LogP contribution in [0.15, 0.2) is 36.5 Å². The third-order valence-electron chi connectivity index (χ3n) is 5.11. The van der Waals surface area contributed by atoms with Crippen molar-refractivity contribution in [3.05, 3.63) is 47.7 Å². The van der Waals surface area contributed by atoms with Gasteiger partial charge in [0.05, 0.1) is 42.4 Å². The molecule has 0 bridgehead atoms. The lowest BCUT2D eigenvalue weighted by Crippen LogP contribution is -2.42. The molecule has 1 atom stereocenters. The first-order chi connectivity index (χ1) is 13.6. The minimum Gasteiger partial charge on any atom is -0.466 e. The van der Waals surface area contributed by atoms with Crippen molar-refractivity contribution < 1.29 is 27.5 Å². The van der Waals surface area contributed by atoms with Gasteiger partial charge < -0.3 is 10.5 Å². The van der Waals surface area contributed by atoms with E-state index in [1.54, 1.807) is 31.2 Å². The monoisotopic (exact) mass is 406 g/mol. The van der Waals surface area contributed by atoms with Crippen molar-refractivity contribution >= 4 is 17.4 Å². The zero-order valence-electron chi connectivity index (χ0n) is 15.9. The van der Waals surface area contributed by atoms with Crippen LogP contribution in [0.3, 0.4) is 0 Å². The lowest BCUT2D eigenvalue weighted by molar-refractivity contribution is -0.162. The number of pyridine rings is 1. The van der Waals surface area contributed by atoms with Gasteiger partial charge in [-0.05, 0) is 43.5 Å². The third-order valence-corrected chi connectivity index (χ3v) is 5.11. The van der Waals surface area contributed by atoms with Gasteiger partial charge in [-0.3, -0.25) is 14.6 Å². The maximum Gasteiger partial charge on any atom is 0.390 e. The molecule has 1 aliphatic carbocycles. The van der Waals surface area contributed by atoms with Gasteiger partial charge in [0.2, 0.25) is 0 Å². The number of aryl methyl sites for hydroxylation is 1. The van der Waals surface area contributed by atoms with Gasteiger partial charge in [0.25, 0.3) is 0 Å². The van der Waals surface area contributed by atoms with Crippen LogP contribution < -0.4 is 5.73 Å². The summed E-state index contributed by atoms with van der Waals surface area (Å²) in [7, 11) is 0. The molecule has 5 nitrogen and oxygen atoms in total. The summed E-state index contributed by atoms with van der Waals surface area (Å²) in [5.41, 5.74) is 6.56. The third kappa shape index (κ3) is 4.58. The quantitative estimate of drug-likeness (QED) is 0.747. The molecule has 0 amide bonds. The van der Waals surface area contributed by atoms with Crippen LogP contribution in [0.25, 0.3) is 11.3 Å². The van der Waals surface area contributed by atoms with Gasteiger partial charge in [-0.15, -0.1) is 0 Å². The van der Waals surface area contributed by atoms with E-state index < -0.39 is 36.2 Å². The number of alkyl halides is 3. The van der Waals surface area contributed by atoms with Crippen molar-refractivity contribution in [2.45, 2.75) is 38.8 Å². The van der Waals surface area contributed by atoms with Crippen molar-refractivity contribution in [3.63, 3.8) is 0 Å². The number of nitrogens with zero attached hydrogens (tertiary/aromatic N) is 1. The van der Waals surface area contributed by atoms with Gasteiger partial charge in [0, 0.05) is 11.1 Å². The standard InChI is InChI=1S/C21H21F3N2O3/c1-2-29-18(27)10-20(12-21(22,23)24)8-7-13-9-14(3-5-16(13)19(20)28)17-6-4-15(25)11-26-17/h3-6,9,11H,2,7-8,10,12,25H2,1H3. The molecule has 1 heterocycles. The number of ether oxygens (including phenoxy) is 1. The zero-order valence-corrected chi connectivity index (χ0v) is 15.9. The zero-order chi connectivity index (χ0) is 21.2. The number of anilines is 1. The van der Waals surface area contributed by atoms with E-state index in [0.29, 0.717) is 16.9 Å². The molecule has 0 aliphatic heterocycles. The predicted octanol–water partition coefficient (Wildman–Crippen LogP) is 4.35. The smallest absolute Gasteiger partial charge is 0.390 e. The molecule has 3 rings (SSSR count). The van der Waals surface area contributed by atoms with E-state index in [9.17, 15) is 22.8 Å². The Balaban J connectivity index is 1.96. The fourth-order valence-electron chi connectivity index (χ4n) is 3.80. The van der Waals surface area contributed by atoms with Crippen molar-refractivity contribution in [1.82, 2.24) is 4.98 Å². The highest BCUT2D eigenvalue weighted by molar-refractivity contribution is 6.04. The van der Waals surface area contributed by atoms with Crippen LogP contribution in [0.2, 0.25) is 0 Å². The second-order valence-corrected chi connectivity index (χ2v) is 7.23. The number of aromatic nitrogens is 1. The van der Waals surface area contributed by atoms with Crippen LogP contribution in [0.1, 0.15) is 42.1 Å². The summed E-state index contributed by atoms with van der Waals surface area (Å²) < 4.78 is 44.6. The first kappa shape index (κ1) is 20.8. The molecule has 29 heavy (non-hydrogen) atoms. The van der Waals surface area contributed by atoms with E-state index in [1.165, 1.54) is 12.3 Å². The summed E-state index contributed by atoms with van der Waals surface area (Å²) in [4.78, 5) is 29.3. The first-order valence-corrected chi connectivity index (χ1v) is 9.25. The van der Waals surface area contributed by atoms with Crippen molar-refractivity contribution in [1.29, 1.82) is 0 Å². The molecule has 0 saturated heterocycles. The number of Topliss-reactive ketones (excluding diaryl/α,β-unsaturated/α-hetero) is 1. The Kier molecular flexibility index (Phi) is 5.64. The Bertz CT molecular complexity index is 926. The normalized spacial score (nSPS) is 19.0. The molecule has 2 N–H and O–H groups in total. The molecule has 8 heteroatoms. The number of fused-ring (bicyclic) bond motifs is 1. The Hall–Kier alpha value is -2.90. The average Bonchev–Trinajstić information content (AvgIpc) is 2.64. The molecule has 2 aromatic rings. The second kappa shape index (κ2) is 7.85. The number of nitrogens with two attached hydrogens (primary N) is 1. The number of carbonyl (C=O) groups excluding carboxylic acids is 2. The highest BCUT2D eigenvalue weighted by Gasteiger charge is 2.51. The number of hydrogen-bond donors (Lipinski definition) is 1. The molecule has 0 saturated carbocycles. The van der Waals surface area contributed by atoms with Crippen LogP contribution in [0.5, 0.6) is 0 Å². The summed E-state index contributed by atoms with van der Waals surface area (Å²) >= 11 is 0. The SMILES string of the molecule is CCOC(=O)CC1(CC(F)(F)F)CCc2cc(-c3ccc(N)cn3)ccc2C1=O. The molecular weight excluding hydrogens is 385 g/mol. The average molecular weight is 406 g/mol. The summed E-state index contributed by atoms with van der Waals surface area (Å²) in [6.07, 6.45) is -4.82. The fourth-order valence-corrected chi connectivity index (χ4v) is 3.80. The van der Waals surface area contributed by atoms with Crippen molar-refractivity contribution in [2.24, 2.45) is 5.41 Å². The maximum absolute atomic E-state index is 13.3. The summed E-state index contributed by atoms with van der Waals surface area (Å²) in [6.45, 7) is 1.61. The highest BCUT2D eigenvalue weighted by Crippen LogP contribution is 2.46. The van der Waals surface area contributed by atoms with Gasteiger partial charge in [-0.1, -0.05) is 12.1 Å². The van der Waals surface area contributed by atoms with Crippen LogP contribution in [0, 0.1) is 5.41 Å². The van der Waals surface area contributed by atoms with E-state index in [1.807, 2.05) is 0 Å². The number of halogens is 3. The number of esters is 1. The highest BCUT2D eigenvalue weighted by atomic mass is 19.4. The molecule has 0 fully saturated rings. The molecule has 1 unspecified atom stereocenters. The van der Waals surface area contributed by atoms with Crippen LogP contribution in [-0.4, -0.2) is 29.5 Å². The maximum atomic E-state index is 13.3. The largest absolute Gasteiger partial charge is 0.466 e. The van der Waals surface area contributed by atoms with Crippen molar-refractivity contribution in [2.75, 3.05) is 12.3 Å². The van der Waals surface area contributed by atoms with E-state index in [2.05, 4.69) is 4.98 Å². The van der Waals surface area contributed by atoms with Gasteiger partial charge >= 0.3 is 12.1 Å². The molecular formula is C21H21F3N2O3. The molecule has 1 aliphatic rings. The van der Waals surface area contributed by atoms with Gasteiger partial charge in [0.15, 0.2) is 5.78 Å². The first-order valence-electron chi connectivity index (χ1n) is 9.25. The second-order valence-electron chi connectivity index (χ2n) is 7.23. The van der Waals surface area contributed by atoms with E-state index in [4.69, 9.17) is 10.5 Å². The molecule has 0 radical (unpaired) electrons.